The molecule has 0 spiro atoms. The Balaban J connectivity index is 1.35. The molecular formula is C21H23N5O3S. The van der Waals surface area contributed by atoms with Crippen LogP contribution in [0.2, 0.25) is 0 Å². The van der Waals surface area contributed by atoms with Crippen molar-refractivity contribution in [1.29, 1.82) is 0 Å². The summed E-state index contributed by atoms with van der Waals surface area (Å²) in [6.45, 7) is 7.17. The second-order valence-corrected chi connectivity index (χ2v) is 9.11. The van der Waals surface area contributed by atoms with E-state index in [-0.39, 0.29) is 6.09 Å². The van der Waals surface area contributed by atoms with Crippen molar-refractivity contribution >= 4 is 23.1 Å². The van der Waals surface area contributed by atoms with Gasteiger partial charge in [0.05, 0.1) is 24.1 Å². The molecule has 0 radical (unpaired) electrons. The lowest BCUT2D eigenvalue weighted by Crippen LogP contribution is -2.39. The third kappa shape index (κ3) is 4.91. The van der Waals surface area contributed by atoms with Crippen LogP contribution in [-0.2, 0) is 24.2 Å². The van der Waals surface area contributed by atoms with Gasteiger partial charge in [-0.05, 0) is 45.0 Å². The maximum Gasteiger partial charge on any atom is 0.410 e. The highest BCUT2D eigenvalue weighted by atomic mass is 32.1. The van der Waals surface area contributed by atoms with Crippen molar-refractivity contribution in [3.05, 3.63) is 52.4 Å². The molecular weight excluding hydrogens is 402 g/mol. The van der Waals surface area contributed by atoms with Gasteiger partial charge in [0.1, 0.15) is 17.2 Å². The van der Waals surface area contributed by atoms with E-state index in [0.717, 1.165) is 33.3 Å². The summed E-state index contributed by atoms with van der Waals surface area (Å²) in [6.07, 6.45) is 3.52. The summed E-state index contributed by atoms with van der Waals surface area (Å²) in [4.78, 5) is 23.7. The number of benzene rings is 1. The van der Waals surface area contributed by atoms with E-state index in [1.807, 2.05) is 45.0 Å². The van der Waals surface area contributed by atoms with Crippen molar-refractivity contribution in [3.8, 4) is 11.3 Å². The van der Waals surface area contributed by atoms with Crippen LogP contribution in [0.15, 0.2) is 51.5 Å². The fourth-order valence-electron chi connectivity index (χ4n) is 3.03. The molecule has 1 amide bonds. The molecule has 3 aromatic rings. The molecule has 0 saturated heterocycles. The van der Waals surface area contributed by atoms with Gasteiger partial charge in [-0.1, -0.05) is 0 Å². The number of azo groups is 1. The number of ether oxygens (including phenoxy) is 1. The molecule has 0 aliphatic carbocycles. The number of nitrogens with zero attached hydrogens (tertiary/aromatic N) is 5. The minimum absolute atomic E-state index is 0.281. The average Bonchev–Trinajstić information content (AvgIpc) is 3.36. The Labute approximate surface area is 178 Å². The van der Waals surface area contributed by atoms with Gasteiger partial charge < -0.3 is 14.1 Å². The van der Waals surface area contributed by atoms with Gasteiger partial charge in [-0.25, -0.2) is 14.8 Å². The standard InChI is InChI=1S/C21H23N5O3S/c1-21(2,3)29-20(27)26-9-8-16-18(12-26)30-19(24-16)11-23-25-15-6-4-14(5-7-15)17-10-22-13-28-17/h4-7,10,13H,8-9,11-12H2,1-3H3. The molecule has 9 heteroatoms. The van der Waals surface area contributed by atoms with Crippen LogP contribution < -0.4 is 0 Å². The molecule has 1 aliphatic rings. The number of amides is 1. The molecule has 0 atom stereocenters. The Kier molecular flexibility index (Phi) is 5.63. The van der Waals surface area contributed by atoms with E-state index >= 15 is 0 Å². The van der Waals surface area contributed by atoms with Gasteiger partial charge in [-0.3, -0.25) is 0 Å². The first-order valence-electron chi connectivity index (χ1n) is 9.69. The van der Waals surface area contributed by atoms with Gasteiger partial charge in [-0.15, -0.1) is 11.3 Å². The van der Waals surface area contributed by atoms with Crippen LogP contribution >= 0.6 is 11.3 Å². The highest BCUT2D eigenvalue weighted by molar-refractivity contribution is 7.11. The topological polar surface area (TPSA) is 93.2 Å². The number of hydrogen-bond donors (Lipinski definition) is 0. The molecule has 0 fully saturated rings. The van der Waals surface area contributed by atoms with Crippen LogP contribution in [0, 0.1) is 0 Å². The predicted molar refractivity (Wildman–Crippen MR) is 113 cm³/mol. The molecule has 156 valence electrons. The number of aromatic nitrogens is 2. The van der Waals surface area contributed by atoms with Gasteiger partial charge >= 0.3 is 6.09 Å². The van der Waals surface area contributed by atoms with Crippen molar-refractivity contribution in [2.24, 2.45) is 10.2 Å². The average molecular weight is 426 g/mol. The summed E-state index contributed by atoms with van der Waals surface area (Å²) >= 11 is 1.58. The maximum atomic E-state index is 12.3. The summed E-state index contributed by atoms with van der Waals surface area (Å²) in [7, 11) is 0. The molecule has 3 heterocycles. The fourth-order valence-corrected chi connectivity index (χ4v) is 4.08. The van der Waals surface area contributed by atoms with Crippen molar-refractivity contribution in [2.75, 3.05) is 6.54 Å². The van der Waals surface area contributed by atoms with Crippen LogP contribution in [0.4, 0.5) is 10.5 Å². The molecule has 0 saturated carbocycles. The first-order valence-corrected chi connectivity index (χ1v) is 10.5. The molecule has 2 aromatic heterocycles. The normalized spacial score (nSPS) is 14.2. The Morgan fingerprint density at radius 2 is 2.10 bits per heavy atom. The second-order valence-electron chi connectivity index (χ2n) is 7.94. The Bertz CT molecular complexity index is 1040. The molecule has 0 unspecified atom stereocenters. The van der Waals surface area contributed by atoms with Crippen LogP contribution in [0.25, 0.3) is 11.3 Å². The van der Waals surface area contributed by atoms with Crippen molar-refractivity contribution in [2.45, 2.75) is 45.9 Å². The largest absolute Gasteiger partial charge is 0.444 e. The van der Waals surface area contributed by atoms with E-state index in [4.69, 9.17) is 9.15 Å². The number of fused-ring (bicyclic) bond motifs is 1. The van der Waals surface area contributed by atoms with Crippen LogP contribution in [0.5, 0.6) is 0 Å². The number of hydrogen-bond acceptors (Lipinski definition) is 8. The highest BCUT2D eigenvalue weighted by Gasteiger charge is 2.27. The van der Waals surface area contributed by atoms with Crippen molar-refractivity contribution in [1.82, 2.24) is 14.9 Å². The van der Waals surface area contributed by atoms with E-state index in [2.05, 4.69) is 20.2 Å². The van der Waals surface area contributed by atoms with E-state index < -0.39 is 5.60 Å². The summed E-state index contributed by atoms with van der Waals surface area (Å²) < 4.78 is 10.8. The van der Waals surface area contributed by atoms with Crippen molar-refractivity contribution in [3.63, 3.8) is 0 Å². The SMILES string of the molecule is CC(C)(C)OC(=O)N1CCc2nc(CN=Nc3ccc(-c4cnco4)cc3)sc2C1. The van der Waals surface area contributed by atoms with Crippen LogP contribution in [0.3, 0.4) is 0 Å². The van der Waals surface area contributed by atoms with Gasteiger partial charge in [0.25, 0.3) is 0 Å². The third-order valence-electron chi connectivity index (χ3n) is 4.40. The number of carbonyl (C=O) groups is 1. The zero-order chi connectivity index (χ0) is 21.1. The molecule has 8 nitrogen and oxygen atoms in total. The minimum atomic E-state index is -0.496. The van der Waals surface area contributed by atoms with Crippen molar-refractivity contribution < 1.29 is 13.9 Å². The van der Waals surface area contributed by atoms with Gasteiger partial charge in [-0.2, -0.15) is 10.2 Å². The minimum Gasteiger partial charge on any atom is -0.444 e. The second kappa shape index (κ2) is 8.35. The highest BCUT2D eigenvalue weighted by Crippen LogP contribution is 2.27. The molecule has 30 heavy (non-hydrogen) atoms. The molecule has 1 aliphatic heterocycles. The Hall–Kier alpha value is -3.07. The predicted octanol–water partition coefficient (Wildman–Crippen LogP) is 5.38. The van der Waals surface area contributed by atoms with Gasteiger partial charge in [0.2, 0.25) is 0 Å². The third-order valence-corrected chi connectivity index (χ3v) is 5.47. The van der Waals surface area contributed by atoms with Gasteiger partial charge in [0, 0.05) is 23.4 Å². The number of rotatable bonds is 4. The van der Waals surface area contributed by atoms with E-state index in [9.17, 15) is 4.79 Å². The smallest absolute Gasteiger partial charge is 0.410 e. The monoisotopic (exact) mass is 425 g/mol. The molecule has 0 bridgehead atoms. The number of carbonyl (C=O) groups excluding carboxylic acids is 1. The lowest BCUT2D eigenvalue weighted by atomic mass is 10.2. The first-order chi connectivity index (χ1) is 14.4. The van der Waals surface area contributed by atoms with E-state index in [1.54, 1.807) is 22.4 Å². The molecule has 1 aromatic carbocycles. The first kappa shape index (κ1) is 20.2. The summed E-state index contributed by atoms with van der Waals surface area (Å²) in [5.41, 5.74) is 2.25. The quantitative estimate of drug-likeness (QED) is 0.524. The van der Waals surface area contributed by atoms with E-state index in [0.29, 0.717) is 25.4 Å². The number of thiazole rings is 1. The Morgan fingerprint density at radius 1 is 1.30 bits per heavy atom. The molecule has 4 rings (SSSR count). The lowest BCUT2D eigenvalue weighted by molar-refractivity contribution is 0.0225. The maximum absolute atomic E-state index is 12.3. The summed E-state index contributed by atoms with van der Waals surface area (Å²) in [5, 5.41) is 9.45. The van der Waals surface area contributed by atoms with E-state index in [1.165, 1.54) is 6.39 Å². The zero-order valence-corrected chi connectivity index (χ0v) is 18.0. The Morgan fingerprint density at radius 3 is 2.80 bits per heavy atom. The van der Waals surface area contributed by atoms with Crippen LogP contribution in [-0.4, -0.2) is 33.1 Å². The summed E-state index contributed by atoms with van der Waals surface area (Å²) in [5.74, 6) is 0.715. The van der Waals surface area contributed by atoms with Crippen LogP contribution in [0.1, 0.15) is 36.3 Å². The summed E-state index contributed by atoms with van der Waals surface area (Å²) in [6, 6.07) is 7.60. The van der Waals surface area contributed by atoms with Gasteiger partial charge in [0.15, 0.2) is 12.2 Å². The number of oxazole rings is 1. The zero-order valence-electron chi connectivity index (χ0n) is 17.2. The lowest BCUT2D eigenvalue weighted by Gasteiger charge is -2.29. The molecule has 0 N–H and O–H groups in total. The fraction of sp³-hybridized carbons (Fsp3) is 0.381.